The summed E-state index contributed by atoms with van der Waals surface area (Å²) in [6.07, 6.45) is 3.32. The minimum atomic E-state index is -3.43. The second kappa shape index (κ2) is 6.55. The summed E-state index contributed by atoms with van der Waals surface area (Å²) in [5.41, 5.74) is -2.06. The molecule has 2 aromatic rings. The summed E-state index contributed by atoms with van der Waals surface area (Å²) in [5.74, 6) is 1.29. The van der Waals surface area contributed by atoms with Gasteiger partial charge in [-0.2, -0.15) is 5.10 Å². The fourth-order valence-corrected chi connectivity index (χ4v) is 3.46. The molecule has 2 aliphatic rings. The molecule has 0 radical (unpaired) electrons. The number of halogens is 4. The molecule has 2 amide bonds. The third-order valence-corrected chi connectivity index (χ3v) is 5.20. The molecule has 1 saturated carbocycles. The highest BCUT2D eigenvalue weighted by Gasteiger charge is 2.55. The normalized spacial score (nSPS) is 21.2. The van der Waals surface area contributed by atoms with Crippen LogP contribution in [0.15, 0.2) is 29.0 Å². The van der Waals surface area contributed by atoms with E-state index in [0.717, 1.165) is 18.9 Å². The van der Waals surface area contributed by atoms with Crippen molar-refractivity contribution < 1.29 is 18.0 Å². The van der Waals surface area contributed by atoms with Gasteiger partial charge in [-0.25, -0.2) is 18.0 Å². The van der Waals surface area contributed by atoms with Crippen molar-refractivity contribution in [1.29, 1.82) is 0 Å². The summed E-state index contributed by atoms with van der Waals surface area (Å²) in [4.78, 5) is 12.2. The lowest BCUT2D eigenvalue weighted by molar-refractivity contribution is -0.0465. The molecule has 1 aliphatic carbocycles. The molecule has 1 aromatic carbocycles. The van der Waals surface area contributed by atoms with Crippen LogP contribution < -0.4 is 10.6 Å². The Hall–Kier alpha value is -2.47. The lowest BCUT2D eigenvalue weighted by Crippen LogP contribution is -2.59. The van der Waals surface area contributed by atoms with Crippen LogP contribution in [0.5, 0.6) is 0 Å². The lowest BCUT2D eigenvalue weighted by Gasteiger charge is -2.40. The Balaban J connectivity index is 1.82. The van der Waals surface area contributed by atoms with Gasteiger partial charge in [0.05, 0.1) is 6.54 Å². The van der Waals surface area contributed by atoms with Gasteiger partial charge < -0.3 is 10.6 Å². The Kier molecular flexibility index (Phi) is 4.42. The largest absolute Gasteiger partial charge is 0.320 e. The van der Waals surface area contributed by atoms with Gasteiger partial charge in [0.25, 0.3) is 5.92 Å². The molecule has 0 spiro atoms. The van der Waals surface area contributed by atoms with Crippen molar-refractivity contribution in [2.24, 2.45) is 5.92 Å². The number of aromatic nitrogens is 2. The number of anilines is 1. The number of alkyl halides is 2. The Labute approximate surface area is 167 Å². The number of nitrogens with zero attached hydrogens (tertiary/aromatic N) is 2. The molecule has 1 fully saturated rings. The van der Waals surface area contributed by atoms with Crippen molar-refractivity contribution in [1.82, 2.24) is 15.1 Å². The number of fused-ring (bicyclic) bond motifs is 1. The molecule has 5 nitrogen and oxygen atoms in total. The van der Waals surface area contributed by atoms with Crippen LogP contribution in [0.2, 0.25) is 0 Å². The van der Waals surface area contributed by atoms with Crippen molar-refractivity contribution >= 4 is 27.6 Å². The Bertz CT molecular complexity index is 1020. The number of rotatable bonds is 3. The number of nitrogens with one attached hydrogen (secondary N) is 2. The third-order valence-electron chi connectivity index (χ3n) is 4.78. The van der Waals surface area contributed by atoms with Crippen molar-refractivity contribution in [3.63, 3.8) is 0 Å². The Morgan fingerprint density at radius 2 is 2.18 bits per heavy atom. The van der Waals surface area contributed by atoms with Gasteiger partial charge in [-0.05, 0) is 47.0 Å². The van der Waals surface area contributed by atoms with Crippen LogP contribution in [0, 0.1) is 23.6 Å². The minimum Gasteiger partial charge on any atom is -0.312 e. The molecule has 28 heavy (non-hydrogen) atoms. The molecule has 146 valence electrons. The van der Waals surface area contributed by atoms with Gasteiger partial charge in [0.15, 0.2) is 5.54 Å². The molecule has 9 heteroatoms. The van der Waals surface area contributed by atoms with Crippen molar-refractivity contribution in [2.45, 2.75) is 37.8 Å². The topological polar surface area (TPSA) is 59.0 Å². The zero-order valence-electron chi connectivity index (χ0n) is 14.8. The third kappa shape index (κ3) is 3.37. The van der Waals surface area contributed by atoms with E-state index in [4.69, 9.17) is 0 Å². The van der Waals surface area contributed by atoms with Gasteiger partial charge in [0.2, 0.25) is 0 Å². The van der Waals surface area contributed by atoms with Gasteiger partial charge in [0, 0.05) is 35.9 Å². The number of urea groups is 1. The van der Waals surface area contributed by atoms with Crippen LogP contribution in [0.4, 0.5) is 23.7 Å². The lowest BCUT2D eigenvalue weighted by atomic mass is 9.81. The highest BCUT2D eigenvalue weighted by atomic mass is 79.9. The fraction of sp³-hybridized carbons (Fsp3) is 0.368. The summed E-state index contributed by atoms with van der Waals surface area (Å²) in [6, 6.07) is 3.27. The average Bonchev–Trinajstić information content (AvgIpc) is 3.34. The molecular formula is C19H16BrF3N4O. The smallest absolute Gasteiger partial charge is 0.312 e. The predicted octanol–water partition coefficient (Wildman–Crippen LogP) is 4.23. The van der Waals surface area contributed by atoms with E-state index in [1.807, 2.05) is 0 Å². The maximum absolute atomic E-state index is 14.8. The van der Waals surface area contributed by atoms with Gasteiger partial charge in [-0.15, -0.1) is 0 Å². The van der Waals surface area contributed by atoms with E-state index < -0.39 is 23.3 Å². The summed E-state index contributed by atoms with van der Waals surface area (Å²) in [7, 11) is 0. The minimum absolute atomic E-state index is 0.0387. The molecule has 0 saturated heterocycles. The number of hydrogen-bond acceptors (Lipinski definition) is 2. The summed E-state index contributed by atoms with van der Waals surface area (Å²) < 4.78 is 46.3. The zero-order chi connectivity index (χ0) is 20.1. The molecule has 2 heterocycles. The van der Waals surface area contributed by atoms with Crippen molar-refractivity contribution in [3.8, 4) is 11.8 Å². The zero-order valence-corrected chi connectivity index (χ0v) is 16.4. The second-order valence-corrected chi connectivity index (χ2v) is 7.90. The molecular weight excluding hydrogens is 437 g/mol. The van der Waals surface area contributed by atoms with E-state index in [1.165, 1.54) is 10.7 Å². The number of amides is 2. The van der Waals surface area contributed by atoms with Crippen LogP contribution in [0.1, 0.15) is 30.9 Å². The van der Waals surface area contributed by atoms with Gasteiger partial charge in [-0.3, -0.25) is 4.68 Å². The Morgan fingerprint density at radius 1 is 1.43 bits per heavy atom. The van der Waals surface area contributed by atoms with E-state index in [1.54, 1.807) is 12.3 Å². The molecule has 0 bridgehead atoms. The quantitative estimate of drug-likeness (QED) is 0.684. The fourth-order valence-electron chi connectivity index (χ4n) is 3.14. The number of hydrogen-bond donors (Lipinski definition) is 2. The van der Waals surface area contributed by atoms with Crippen LogP contribution >= 0.6 is 15.9 Å². The van der Waals surface area contributed by atoms with Crippen LogP contribution in [0.3, 0.4) is 0 Å². The van der Waals surface area contributed by atoms with Crippen LogP contribution in [-0.4, -0.2) is 21.7 Å². The van der Waals surface area contributed by atoms with E-state index in [0.29, 0.717) is 11.5 Å². The number of carbonyl (C=O) groups excluding carboxylic acids is 1. The summed E-state index contributed by atoms with van der Waals surface area (Å²) in [6.45, 7) is 0.758. The van der Waals surface area contributed by atoms with Crippen LogP contribution in [-0.2, 0) is 12.1 Å². The molecule has 1 aliphatic heterocycles. The van der Waals surface area contributed by atoms with Gasteiger partial charge in [-0.1, -0.05) is 11.8 Å². The average molecular weight is 453 g/mol. The standard InChI is InChI=1S/C19H16BrF3N4O/c1-18(22,23)19(6-4-11-2-3-11)13-9-14(21)12(8-15(13)24-17(28)25-19)10-27-7-5-16(20)26-27/h5,7-9,11H,2-3,10H2,1H3,(H2,24,25,28)/t19-/m0/s1. The first-order valence-corrected chi connectivity index (χ1v) is 9.49. The first kappa shape index (κ1) is 18.9. The van der Waals surface area contributed by atoms with Crippen molar-refractivity contribution in [3.05, 3.63) is 45.9 Å². The van der Waals surface area contributed by atoms with E-state index in [9.17, 15) is 18.0 Å². The molecule has 0 unspecified atom stereocenters. The molecule has 2 N–H and O–H groups in total. The predicted molar refractivity (Wildman–Crippen MR) is 100 cm³/mol. The highest BCUT2D eigenvalue weighted by molar-refractivity contribution is 9.10. The van der Waals surface area contributed by atoms with Gasteiger partial charge in [0.1, 0.15) is 10.4 Å². The SMILES string of the molecule is CC(F)(F)[C@@]1(C#CC2CC2)NC(=O)Nc2cc(Cn3ccc(Br)n3)c(F)cc21. The van der Waals surface area contributed by atoms with E-state index >= 15 is 0 Å². The first-order chi connectivity index (χ1) is 13.2. The molecule has 4 rings (SSSR count). The Morgan fingerprint density at radius 3 is 2.79 bits per heavy atom. The maximum Gasteiger partial charge on any atom is 0.320 e. The highest BCUT2D eigenvalue weighted by Crippen LogP contribution is 2.44. The number of benzene rings is 1. The van der Waals surface area contributed by atoms with E-state index in [2.05, 4.69) is 43.5 Å². The molecule has 1 atom stereocenters. The number of carbonyl (C=O) groups is 1. The second-order valence-electron chi connectivity index (χ2n) is 7.09. The van der Waals surface area contributed by atoms with E-state index in [-0.39, 0.29) is 29.3 Å². The summed E-state index contributed by atoms with van der Waals surface area (Å²) >= 11 is 3.21. The van der Waals surface area contributed by atoms with Crippen molar-refractivity contribution in [2.75, 3.05) is 5.32 Å². The van der Waals surface area contributed by atoms with Crippen LogP contribution in [0.25, 0.3) is 0 Å². The first-order valence-electron chi connectivity index (χ1n) is 8.69. The monoisotopic (exact) mass is 452 g/mol. The molecule has 1 aromatic heterocycles. The maximum atomic E-state index is 14.8. The summed E-state index contributed by atoms with van der Waals surface area (Å²) in [5, 5.41) is 8.86. The van der Waals surface area contributed by atoms with Gasteiger partial charge >= 0.3 is 6.03 Å².